The second-order valence-corrected chi connectivity index (χ2v) is 2.71. The van der Waals surface area contributed by atoms with Crippen LogP contribution in [0.2, 0.25) is 0 Å². The third-order valence-electron chi connectivity index (χ3n) is 0.950. The topological polar surface area (TPSA) is 63.3 Å². The summed E-state index contributed by atoms with van der Waals surface area (Å²) in [6, 6.07) is -0.683. The van der Waals surface area contributed by atoms with E-state index in [4.69, 9.17) is 10.8 Å². The molecule has 0 aliphatic rings. The molecule has 0 heterocycles. The average Bonchev–Trinajstić information content (AvgIpc) is 1.82. The normalized spacial score (nSPS) is 11.8. The van der Waals surface area contributed by atoms with E-state index >= 15 is 0 Å². The summed E-state index contributed by atoms with van der Waals surface area (Å²) in [5, 5.41) is 8.27. The van der Waals surface area contributed by atoms with E-state index in [1.165, 1.54) is 0 Å². The fourth-order valence-corrected chi connectivity index (χ4v) is 0.858. The number of carboxylic acid groups (broad SMARTS) is 1. The van der Waals surface area contributed by atoms with Crippen LogP contribution in [0.1, 0.15) is 6.42 Å². The van der Waals surface area contributed by atoms with Gasteiger partial charge in [-0.1, -0.05) is 0 Å². The molecule has 0 saturated carbocycles. The van der Waals surface area contributed by atoms with Crippen molar-refractivity contribution >= 4 is 34.8 Å². The zero-order valence-corrected chi connectivity index (χ0v) is 8.27. The number of aliphatic carboxylic acids is 1. The summed E-state index contributed by atoms with van der Waals surface area (Å²) in [4.78, 5) is 10.1. The smallest absolute Gasteiger partial charge is 0.320 e. The standard InChI is InChI=1S/C5H11NO2S.Se/c1-9-3-2-4(6)5(7)8;/h4H,2-3,6H2,1H3,(H,7,8);/t4-;/m0./s1. The van der Waals surface area contributed by atoms with E-state index < -0.39 is 12.0 Å². The van der Waals surface area contributed by atoms with Crippen molar-refractivity contribution in [3.05, 3.63) is 0 Å². The van der Waals surface area contributed by atoms with Gasteiger partial charge in [0.2, 0.25) is 0 Å². The molecule has 60 valence electrons. The molecule has 0 unspecified atom stereocenters. The summed E-state index contributed by atoms with van der Waals surface area (Å²) in [6.45, 7) is 0. The van der Waals surface area contributed by atoms with Crippen LogP contribution in [-0.2, 0) is 4.79 Å². The Labute approximate surface area is 75.2 Å². The van der Waals surface area contributed by atoms with E-state index in [9.17, 15) is 4.79 Å². The molecule has 3 N–H and O–H groups in total. The maximum absolute atomic E-state index is 10.1. The van der Waals surface area contributed by atoms with Crippen molar-refractivity contribution in [3.8, 4) is 0 Å². The maximum Gasteiger partial charge on any atom is 0.320 e. The molecule has 5 heteroatoms. The molecule has 10 heavy (non-hydrogen) atoms. The minimum absolute atomic E-state index is 0. The minimum Gasteiger partial charge on any atom is -0.480 e. The van der Waals surface area contributed by atoms with Gasteiger partial charge in [-0.2, -0.15) is 11.8 Å². The number of carboxylic acids is 1. The number of thioether (sulfide) groups is 1. The number of hydrogen-bond acceptors (Lipinski definition) is 3. The monoisotopic (exact) mass is 229 g/mol. The third kappa shape index (κ3) is 6.42. The number of rotatable bonds is 4. The zero-order valence-electron chi connectivity index (χ0n) is 5.74. The van der Waals surface area contributed by atoms with Crippen LogP contribution >= 0.6 is 11.8 Å². The van der Waals surface area contributed by atoms with E-state index in [1.54, 1.807) is 11.8 Å². The quantitative estimate of drug-likeness (QED) is 0.652. The van der Waals surface area contributed by atoms with E-state index in [0.29, 0.717) is 6.42 Å². The molecule has 0 aromatic heterocycles. The molecule has 0 aliphatic carbocycles. The molecule has 2 radical (unpaired) electrons. The molecule has 0 aromatic carbocycles. The van der Waals surface area contributed by atoms with Crippen molar-refractivity contribution in [3.63, 3.8) is 0 Å². The van der Waals surface area contributed by atoms with Crippen LogP contribution in [0.4, 0.5) is 0 Å². The molecular formula is C5H11NO2SSe. The zero-order chi connectivity index (χ0) is 7.28. The van der Waals surface area contributed by atoms with Gasteiger partial charge >= 0.3 is 5.97 Å². The predicted octanol–water partition coefficient (Wildman–Crippen LogP) is -0.229. The summed E-state index contributed by atoms with van der Waals surface area (Å²) in [7, 11) is 0. The van der Waals surface area contributed by atoms with Crippen molar-refractivity contribution in [1.29, 1.82) is 0 Å². The Morgan fingerprint density at radius 2 is 2.30 bits per heavy atom. The Morgan fingerprint density at radius 1 is 1.80 bits per heavy atom. The van der Waals surface area contributed by atoms with Gasteiger partial charge in [-0.15, -0.1) is 0 Å². The molecule has 0 aromatic rings. The fraction of sp³-hybridized carbons (Fsp3) is 0.800. The van der Waals surface area contributed by atoms with Gasteiger partial charge in [0.15, 0.2) is 0 Å². The predicted molar refractivity (Wildman–Crippen MR) is 44.4 cm³/mol. The van der Waals surface area contributed by atoms with Gasteiger partial charge in [0.1, 0.15) is 6.04 Å². The van der Waals surface area contributed by atoms with Gasteiger partial charge < -0.3 is 10.8 Å². The third-order valence-corrected chi connectivity index (χ3v) is 1.59. The van der Waals surface area contributed by atoms with Crippen LogP contribution in [0.15, 0.2) is 0 Å². The Hall–Kier alpha value is 0.299. The van der Waals surface area contributed by atoms with E-state index in [0.717, 1.165) is 5.75 Å². The van der Waals surface area contributed by atoms with Gasteiger partial charge in [-0.05, 0) is 18.4 Å². The van der Waals surface area contributed by atoms with Crippen molar-refractivity contribution in [2.75, 3.05) is 12.0 Å². The van der Waals surface area contributed by atoms with E-state index in [2.05, 4.69) is 0 Å². The second-order valence-electron chi connectivity index (χ2n) is 1.73. The van der Waals surface area contributed by atoms with Crippen molar-refractivity contribution in [2.45, 2.75) is 12.5 Å². The summed E-state index contributed by atoms with van der Waals surface area (Å²) >= 11 is 1.60. The van der Waals surface area contributed by atoms with Crippen molar-refractivity contribution in [1.82, 2.24) is 0 Å². The van der Waals surface area contributed by atoms with Crippen LogP contribution < -0.4 is 5.73 Å². The first kappa shape index (κ1) is 12.9. The molecule has 0 amide bonds. The van der Waals surface area contributed by atoms with Gasteiger partial charge in [0.25, 0.3) is 0 Å². The van der Waals surface area contributed by atoms with Gasteiger partial charge in [-0.25, -0.2) is 0 Å². The SMILES string of the molecule is CSCC[C@H](N)C(=O)O.[Se]. The molecular weight excluding hydrogens is 217 g/mol. The Morgan fingerprint density at radius 3 is 2.60 bits per heavy atom. The summed E-state index contributed by atoms with van der Waals surface area (Å²) in [5.74, 6) is -0.1000. The van der Waals surface area contributed by atoms with Crippen molar-refractivity contribution in [2.24, 2.45) is 5.73 Å². The molecule has 0 rings (SSSR count). The minimum atomic E-state index is -0.913. The van der Waals surface area contributed by atoms with E-state index in [-0.39, 0.29) is 17.1 Å². The average molecular weight is 228 g/mol. The molecule has 0 fully saturated rings. The summed E-state index contributed by atoms with van der Waals surface area (Å²) < 4.78 is 0. The van der Waals surface area contributed by atoms with Crippen molar-refractivity contribution < 1.29 is 9.90 Å². The Balaban J connectivity index is 0. The largest absolute Gasteiger partial charge is 0.480 e. The number of hydrogen-bond donors (Lipinski definition) is 2. The van der Waals surface area contributed by atoms with Crippen LogP contribution in [0.3, 0.4) is 0 Å². The Kier molecular flexibility index (Phi) is 9.58. The van der Waals surface area contributed by atoms with Gasteiger partial charge in [0.05, 0.1) is 0 Å². The first-order valence-corrected chi connectivity index (χ1v) is 4.05. The van der Waals surface area contributed by atoms with Crippen LogP contribution in [-0.4, -0.2) is 46.2 Å². The molecule has 3 nitrogen and oxygen atoms in total. The molecule has 0 bridgehead atoms. The van der Waals surface area contributed by atoms with Gasteiger partial charge in [0, 0.05) is 17.1 Å². The van der Waals surface area contributed by atoms with Crippen LogP contribution in [0, 0.1) is 0 Å². The first-order chi connectivity index (χ1) is 4.18. The first-order valence-electron chi connectivity index (χ1n) is 2.65. The van der Waals surface area contributed by atoms with Crippen LogP contribution in [0.25, 0.3) is 0 Å². The molecule has 1 atom stereocenters. The van der Waals surface area contributed by atoms with Gasteiger partial charge in [-0.3, -0.25) is 4.79 Å². The van der Waals surface area contributed by atoms with E-state index in [1.807, 2.05) is 6.26 Å². The summed E-state index contributed by atoms with van der Waals surface area (Å²) in [5.41, 5.74) is 5.19. The fourth-order valence-electron chi connectivity index (χ4n) is 0.368. The number of nitrogens with two attached hydrogens (primary N) is 1. The molecule has 0 saturated heterocycles. The Bertz CT molecular complexity index is 102. The molecule has 0 aliphatic heterocycles. The van der Waals surface area contributed by atoms with Crippen LogP contribution in [0.5, 0.6) is 0 Å². The second kappa shape index (κ2) is 7.41. The summed E-state index contributed by atoms with van der Waals surface area (Å²) in [6.07, 6.45) is 2.48. The molecule has 0 spiro atoms. The number of carbonyl (C=O) groups is 1. The maximum atomic E-state index is 10.1.